The highest BCUT2D eigenvalue weighted by Gasteiger charge is 2.37. The predicted molar refractivity (Wildman–Crippen MR) is 69.5 cm³/mol. The minimum absolute atomic E-state index is 0.166. The van der Waals surface area contributed by atoms with Crippen LogP contribution in [0.4, 0.5) is 0 Å². The fourth-order valence-corrected chi connectivity index (χ4v) is 2.47. The molecule has 3 nitrogen and oxygen atoms in total. The first-order valence-electron chi connectivity index (χ1n) is 5.62. The number of ether oxygens (including phenoxy) is 2. The molecule has 0 bridgehead atoms. The predicted octanol–water partition coefficient (Wildman–Crippen LogP) is -0.400. The van der Waals surface area contributed by atoms with E-state index in [2.05, 4.69) is 0 Å². The third-order valence-corrected chi connectivity index (χ3v) is 6.16. The van der Waals surface area contributed by atoms with Gasteiger partial charge in [0.2, 0.25) is 0 Å². The summed E-state index contributed by atoms with van der Waals surface area (Å²) in [6.45, 7) is 8.42. The fraction of sp³-hybridized carbons (Fsp3) is 0.900. The highest BCUT2D eigenvalue weighted by molar-refractivity contribution is 6.31. The Morgan fingerprint density at radius 1 is 1.33 bits per heavy atom. The van der Waals surface area contributed by atoms with Gasteiger partial charge >= 0.3 is 5.97 Å². The summed E-state index contributed by atoms with van der Waals surface area (Å²) in [6.07, 6.45) is 0.861. The minimum atomic E-state index is -0.625. The van der Waals surface area contributed by atoms with Gasteiger partial charge in [-0.1, -0.05) is 6.92 Å². The molecule has 15 heavy (non-hydrogen) atoms. The Morgan fingerprint density at radius 2 is 1.87 bits per heavy atom. The van der Waals surface area contributed by atoms with Gasteiger partial charge in [0, 0.05) is 10.2 Å². The summed E-state index contributed by atoms with van der Waals surface area (Å²) in [5.41, 5.74) is -0.280. The molecule has 0 saturated carbocycles. The van der Waals surface area contributed by atoms with Crippen molar-refractivity contribution in [3.63, 3.8) is 0 Å². The standard InChI is InChI=1S/C10H24O3Si2/c1-5-6-12-8(11)10(15,7-14)13-9(2,3)4/h5-7H2,1-4,14-15H3. The second-order valence-electron chi connectivity index (χ2n) is 4.93. The first-order chi connectivity index (χ1) is 6.75. The molecule has 0 rings (SSSR count). The van der Waals surface area contributed by atoms with E-state index >= 15 is 0 Å². The van der Waals surface area contributed by atoms with Crippen molar-refractivity contribution in [2.24, 2.45) is 0 Å². The maximum absolute atomic E-state index is 11.8. The molecule has 0 saturated heterocycles. The van der Waals surface area contributed by atoms with Crippen LogP contribution >= 0.6 is 0 Å². The monoisotopic (exact) mass is 248 g/mol. The first kappa shape index (κ1) is 14.9. The lowest BCUT2D eigenvalue weighted by Gasteiger charge is -2.34. The molecule has 0 aliphatic carbocycles. The summed E-state index contributed by atoms with van der Waals surface area (Å²) in [6, 6.07) is 0.818. The molecule has 0 aromatic rings. The summed E-state index contributed by atoms with van der Waals surface area (Å²) in [5.74, 6) is -0.166. The average Bonchev–Trinajstić information content (AvgIpc) is 2.11. The molecular weight excluding hydrogens is 224 g/mol. The number of esters is 1. The summed E-state index contributed by atoms with van der Waals surface area (Å²) in [7, 11) is 1.64. The topological polar surface area (TPSA) is 35.5 Å². The molecule has 0 amide bonds. The van der Waals surface area contributed by atoms with Gasteiger partial charge in [-0.05, 0) is 33.2 Å². The van der Waals surface area contributed by atoms with E-state index in [-0.39, 0.29) is 11.6 Å². The van der Waals surface area contributed by atoms with Gasteiger partial charge < -0.3 is 9.47 Å². The highest BCUT2D eigenvalue weighted by atomic mass is 28.2. The van der Waals surface area contributed by atoms with Crippen molar-refractivity contribution in [3.05, 3.63) is 0 Å². The van der Waals surface area contributed by atoms with E-state index in [1.807, 2.05) is 27.7 Å². The molecule has 0 radical (unpaired) electrons. The van der Waals surface area contributed by atoms with E-state index in [0.717, 1.165) is 22.7 Å². The van der Waals surface area contributed by atoms with E-state index in [1.54, 1.807) is 0 Å². The molecule has 1 atom stereocenters. The minimum Gasteiger partial charge on any atom is -0.464 e. The third-order valence-electron chi connectivity index (χ3n) is 2.08. The fourth-order valence-electron chi connectivity index (χ4n) is 1.28. The van der Waals surface area contributed by atoms with Crippen LogP contribution < -0.4 is 0 Å². The molecule has 0 heterocycles. The number of hydrogen-bond donors (Lipinski definition) is 0. The number of hydrogen-bond acceptors (Lipinski definition) is 3. The smallest absolute Gasteiger partial charge is 0.333 e. The van der Waals surface area contributed by atoms with Gasteiger partial charge in [0.15, 0.2) is 0 Å². The molecule has 0 aromatic carbocycles. The summed E-state index contributed by atoms with van der Waals surface area (Å²) < 4.78 is 11.0. The Kier molecular flexibility index (Phi) is 5.76. The summed E-state index contributed by atoms with van der Waals surface area (Å²) >= 11 is 0. The van der Waals surface area contributed by atoms with Gasteiger partial charge in [-0.25, -0.2) is 4.79 Å². The Balaban J connectivity index is 4.48. The van der Waals surface area contributed by atoms with Gasteiger partial charge in [-0.15, -0.1) is 0 Å². The van der Waals surface area contributed by atoms with Crippen LogP contribution in [0.3, 0.4) is 0 Å². The van der Waals surface area contributed by atoms with Gasteiger partial charge in [0.25, 0.3) is 0 Å². The van der Waals surface area contributed by atoms with Crippen molar-refractivity contribution in [2.45, 2.75) is 51.0 Å². The largest absolute Gasteiger partial charge is 0.464 e. The number of rotatable bonds is 5. The summed E-state index contributed by atoms with van der Waals surface area (Å²) in [5, 5.41) is -0.625. The first-order valence-corrected chi connectivity index (χ1v) is 8.04. The van der Waals surface area contributed by atoms with Gasteiger partial charge in [0.05, 0.1) is 22.5 Å². The van der Waals surface area contributed by atoms with Crippen LogP contribution in [0, 0.1) is 0 Å². The Labute approximate surface area is 98.8 Å². The Bertz CT molecular complexity index is 213. The van der Waals surface area contributed by atoms with E-state index < -0.39 is 5.22 Å². The van der Waals surface area contributed by atoms with Crippen LogP contribution in [0.5, 0.6) is 0 Å². The Hall–Kier alpha value is -0.136. The van der Waals surface area contributed by atoms with Gasteiger partial charge in [0.1, 0.15) is 5.22 Å². The van der Waals surface area contributed by atoms with Crippen LogP contribution in [-0.4, -0.2) is 43.9 Å². The third kappa shape index (κ3) is 5.48. The van der Waals surface area contributed by atoms with E-state index in [4.69, 9.17) is 9.47 Å². The van der Waals surface area contributed by atoms with Crippen LogP contribution in [0.1, 0.15) is 34.1 Å². The van der Waals surface area contributed by atoms with Crippen LogP contribution in [0.25, 0.3) is 0 Å². The molecule has 0 spiro atoms. The van der Waals surface area contributed by atoms with Crippen molar-refractivity contribution < 1.29 is 14.3 Å². The maximum atomic E-state index is 11.8. The number of carbonyl (C=O) groups is 1. The molecule has 0 aliphatic rings. The molecular formula is C10H24O3Si2. The van der Waals surface area contributed by atoms with Crippen LogP contribution in [0.2, 0.25) is 6.04 Å². The van der Waals surface area contributed by atoms with E-state index in [0.29, 0.717) is 16.8 Å². The molecule has 90 valence electrons. The number of carbonyl (C=O) groups excluding carboxylic acids is 1. The average molecular weight is 248 g/mol. The van der Waals surface area contributed by atoms with E-state index in [1.165, 1.54) is 0 Å². The molecule has 0 aromatic heterocycles. The van der Waals surface area contributed by atoms with Gasteiger partial charge in [-0.3, -0.25) is 0 Å². The zero-order valence-corrected chi connectivity index (χ0v) is 14.8. The second kappa shape index (κ2) is 5.81. The molecule has 0 aliphatic heterocycles. The molecule has 1 unspecified atom stereocenters. The van der Waals surface area contributed by atoms with Crippen molar-refractivity contribution in [3.8, 4) is 0 Å². The lowest BCUT2D eigenvalue weighted by molar-refractivity contribution is -0.171. The van der Waals surface area contributed by atoms with Crippen LogP contribution in [-0.2, 0) is 14.3 Å². The second-order valence-corrected chi connectivity index (χ2v) is 7.26. The Morgan fingerprint density at radius 3 is 2.20 bits per heavy atom. The lowest BCUT2D eigenvalue weighted by Crippen LogP contribution is -2.48. The van der Waals surface area contributed by atoms with E-state index in [9.17, 15) is 4.79 Å². The molecule has 0 N–H and O–H groups in total. The highest BCUT2D eigenvalue weighted by Crippen LogP contribution is 2.21. The summed E-state index contributed by atoms with van der Waals surface area (Å²) in [4.78, 5) is 11.8. The van der Waals surface area contributed by atoms with Crippen molar-refractivity contribution in [2.75, 3.05) is 6.61 Å². The van der Waals surface area contributed by atoms with Crippen molar-refractivity contribution in [1.82, 2.24) is 0 Å². The van der Waals surface area contributed by atoms with Crippen molar-refractivity contribution >= 4 is 26.5 Å². The SMILES string of the molecule is CCCOC(=O)C([SiH3])(C[SiH3])OC(C)(C)C. The van der Waals surface area contributed by atoms with Crippen molar-refractivity contribution in [1.29, 1.82) is 0 Å². The lowest BCUT2D eigenvalue weighted by atomic mass is 10.2. The van der Waals surface area contributed by atoms with Crippen LogP contribution in [0.15, 0.2) is 0 Å². The molecule has 0 fully saturated rings. The van der Waals surface area contributed by atoms with Gasteiger partial charge in [-0.2, -0.15) is 0 Å². The maximum Gasteiger partial charge on any atom is 0.333 e. The zero-order valence-electron chi connectivity index (χ0n) is 10.8. The normalized spacial score (nSPS) is 16.3. The molecule has 5 heteroatoms. The quantitative estimate of drug-likeness (QED) is 0.491. The zero-order chi connectivity index (χ0) is 12.1.